The first kappa shape index (κ1) is 14.0. The lowest BCUT2D eigenvalue weighted by Gasteiger charge is -2.20. The summed E-state index contributed by atoms with van der Waals surface area (Å²) in [6.45, 7) is 0.0928. The van der Waals surface area contributed by atoms with Crippen molar-refractivity contribution in [1.82, 2.24) is 9.88 Å². The molecule has 2 amide bonds. The number of nitrogens with two attached hydrogens (primary N) is 2. The highest BCUT2D eigenvalue weighted by molar-refractivity contribution is 7.07. The number of hydrogen-bond acceptors (Lipinski definition) is 5. The molecule has 0 bridgehead atoms. The van der Waals surface area contributed by atoms with Gasteiger partial charge in [0.15, 0.2) is 0 Å². The van der Waals surface area contributed by atoms with Crippen LogP contribution in [0.1, 0.15) is 16.1 Å². The third kappa shape index (κ3) is 3.55. The standard InChI is InChI=1S/C13H14N4O2S/c14-10-3-1-2-9(4-10)5-17(6-12(15)18)13(19)11-7-20-8-16-11/h1-4,7-8H,5-6,14H2,(H2,15,18). The van der Waals surface area contributed by atoms with Crippen LogP contribution >= 0.6 is 11.3 Å². The van der Waals surface area contributed by atoms with Gasteiger partial charge in [0, 0.05) is 17.6 Å². The first-order chi connectivity index (χ1) is 9.56. The molecule has 1 heterocycles. The van der Waals surface area contributed by atoms with Crippen LogP contribution in [0.4, 0.5) is 5.69 Å². The Balaban J connectivity index is 2.19. The van der Waals surface area contributed by atoms with E-state index in [2.05, 4.69) is 4.98 Å². The highest BCUT2D eigenvalue weighted by Crippen LogP contribution is 2.12. The zero-order chi connectivity index (χ0) is 14.5. The molecule has 0 aliphatic carbocycles. The molecule has 104 valence electrons. The molecule has 20 heavy (non-hydrogen) atoms. The summed E-state index contributed by atoms with van der Waals surface area (Å²) < 4.78 is 0. The second kappa shape index (κ2) is 6.16. The van der Waals surface area contributed by atoms with E-state index in [4.69, 9.17) is 11.5 Å². The van der Waals surface area contributed by atoms with Gasteiger partial charge in [0.25, 0.3) is 5.91 Å². The molecule has 0 aliphatic rings. The number of aromatic nitrogens is 1. The largest absolute Gasteiger partial charge is 0.399 e. The molecular formula is C13H14N4O2S. The summed E-state index contributed by atoms with van der Waals surface area (Å²) in [6.07, 6.45) is 0. The number of amides is 2. The molecule has 0 atom stereocenters. The van der Waals surface area contributed by atoms with E-state index in [1.165, 1.54) is 16.2 Å². The Morgan fingerprint density at radius 2 is 2.15 bits per heavy atom. The van der Waals surface area contributed by atoms with Gasteiger partial charge in [-0.05, 0) is 17.7 Å². The topological polar surface area (TPSA) is 102 Å². The van der Waals surface area contributed by atoms with Crippen molar-refractivity contribution in [1.29, 1.82) is 0 Å². The first-order valence-corrected chi connectivity index (χ1v) is 6.80. The van der Waals surface area contributed by atoms with Crippen molar-refractivity contribution < 1.29 is 9.59 Å². The smallest absolute Gasteiger partial charge is 0.274 e. The van der Waals surface area contributed by atoms with Gasteiger partial charge in [-0.3, -0.25) is 9.59 Å². The summed E-state index contributed by atoms with van der Waals surface area (Å²) in [5, 5.41) is 1.63. The molecule has 7 heteroatoms. The quantitative estimate of drug-likeness (QED) is 0.797. The Kier molecular flexibility index (Phi) is 4.31. The molecule has 2 rings (SSSR count). The van der Waals surface area contributed by atoms with Crippen LogP contribution < -0.4 is 11.5 Å². The maximum Gasteiger partial charge on any atom is 0.274 e. The lowest BCUT2D eigenvalue weighted by Crippen LogP contribution is -2.38. The number of carbonyl (C=O) groups is 2. The van der Waals surface area contributed by atoms with Gasteiger partial charge in [0.1, 0.15) is 12.2 Å². The summed E-state index contributed by atoms with van der Waals surface area (Å²) in [4.78, 5) is 28.7. The van der Waals surface area contributed by atoms with Gasteiger partial charge in [-0.15, -0.1) is 11.3 Å². The predicted octanol–water partition coefficient (Wildman–Crippen LogP) is 0.853. The van der Waals surface area contributed by atoms with E-state index in [0.717, 1.165) is 5.56 Å². The maximum absolute atomic E-state index is 12.3. The van der Waals surface area contributed by atoms with Crippen LogP contribution in [0, 0.1) is 0 Å². The number of rotatable bonds is 5. The highest BCUT2D eigenvalue weighted by Gasteiger charge is 2.19. The van der Waals surface area contributed by atoms with Crippen LogP contribution in [0.3, 0.4) is 0 Å². The lowest BCUT2D eigenvalue weighted by atomic mass is 10.2. The van der Waals surface area contributed by atoms with Crippen molar-refractivity contribution in [3.63, 3.8) is 0 Å². The summed E-state index contributed by atoms with van der Waals surface area (Å²) >= 11 is 1.32. The maximum atomic E-state index is 12.3. The molecule has 4 N–H and O–H groups in total. The molecule has 0 spiro atoms. The Morgan fingerprint density at radius 3 is 2.75 bits per heavy atom. The van der Waals surface area contributed by atoms with Crippen molar-refractivity contribution in [2.45, 2.75) is 6.54 Å². The van der Waals surface area contributed by atoms with E-state index < -0.39 is 5.91 Å². The normalized spacial score (nSPS) is 10.2. The molecule has 2 aromatic rings. The van der Waals surface area contributed by atoms with Crippen molar-refractivity contribution >= 4 is 28.8 Å². The summed E-state index contributed by atoms with van der Waals surface area (Å²) in [5.74, 6) is -0.898. The molecule has 0 saturated carbocycles. The monoisotopic (exact) mass is 290 g/mol. The van der Waals surface area contributed by atoms with Gasteiger partial charge >= 0.3 is 0 Å². The van der Waals surface area contributed by atoms with E-state index in [1.54, 1.807) is 29.1 Å². The van der Waals surface area contributed by atoms with Crippen LogP contribution in [0.2, 0.25) is 0 Å². The minimum atomic E-state index is -0.572. The molecule has 0 saturated heterocycles. The summed E-state index contributed by atoms with van der Waals surface area (Å²) in [5.41, 5.74) is 14.2. The number of anilines is 1. The molecule has 1 aromatic carbocycles. The number of benzene rings is 1. The number of thiazole rings is 1. The van der Waals surface area contributed by atoms with E-state index in [1.807, 2.05) is 6.07 Å². The van der Waals surface area contributed by atoms with Gasteiger partial charge in [-0.1, -0.05) is 12.1 Å². The number of carbonyl (C=O) groups excluding carboxylic acids is 2. The molecule has 6 nitrogen and oxygen atoms in total. The van der Waals surface area contributed by atoms with Crippen LogP contribution in [-0.4, -0.2) is 28.2 Å². The van der Waals surface area contributed by atoms with Crippen molar-refractivity contribution in [2.75, 3.05) is 12.3 Å². The third-order valence-electron chi connectivity index (χ3n) is 2.61. The van der Waals surface area contributed by atoms with E-state index in [9.17, 15) is 9.59 Å². The first-order valence-electron chi connectivity index (χ1n) is 5.86. The highest BCUT2D eigenvalue weighted by atomic mass is 32.1. The van der Waals surface area contributed by atoms with Gasteiger partial charge < -0.3 is 16.4 Å². The Bertz CT molecular complexity index is 613. The van der Waals surface area contributed by atoms with Crippen LogP contribution in [0.15, 0.2) is 35.2 Å². The fraction of sp³-hybridized carbons (Fsp3) is 0.154. The Labute approximate surface area is 120 Å². The lowest BCUT2D eigenvalue weighted by molar-refractivity contribution is -0.118. The van der Waals surface area contributed by atoms with Gasteiger partial charge in [0.2, 0.25) is 5.91 Å². The van der Waals surface area contributed by atoms with E-state index >= 15 is 0 Å². The third-order valence-corrected chi connectivity index (χ3v) is 3.20. The minimum absolute atomic E-state index is 0.162. The van der Waals surface area contributed by atoms with Crippen molar-refractivity contribution in [3.05, 3.63) is 46.4 Å². The zero-order valence-corrected chi connectivity index (χ0v) is 11.5. The molecule has 1 aromatic heterocycles. The van der Waals surface area contributed by atoms with Crippen LogP contribution in [-0.2, 0) is 11.3 Å². The van der Waals surface area contributed by atoms with Crippen molar-refractivity contribution in [3.8, 4) is 0 Å². The minimum Gasteiger partial charge on any atom is -0.399 e. The van der Waals surface area contributed by atoms with Crippen LogP contribution in [0.5, 0.6) is 0 Å². The summed E-state index contributed by atoms with van der Waals surface area (Å²) in [7, 11) is 0. The van der Waals surface area contributed by atoms with Crippen LogP contribution in [0.25, 0.3) is 0 Å². The Hall–Kier alpha value is -2.41. The SMILES string of the molecule is NC(=O)CN(Cc1cccc(N)c1)C(=O)c1cscn1. The fourth-order valence-corrected chi connectivity index (χ4v) is 2.31. The molecular weight excluding hydrogens is 276 g/mol. The number of primary amides is 1. The van der Waals surface area contributed by atoms with Gasteiger partial charge in [-0.2, -0.15) is 0 Å². The summed E-state index contributed by atoms with van der Waals surface area (Å²) in [6, 6.07) is 7.13. The predicted molar refractivity (Wildman–Crippen MR) is 76.9 cm³/mol. The fourth-order valence-electron chi connectivity index (χ4n) is 1.78. The zero-order valence-electron chi connectivity index (χ0n) is 10.7. The van der Waals surface area contributed by atoms with E-state index in [0.29, 0.717) is 11.4 Å². The molecule has 0 aliphatic heterocycles. The van der Waals surface area contributed by atoms with E-state index in [-0.39, 0.29) is 19.0 Å². The van der Waals surface area contributed by atoms with Crippen molar-refractivity contribution in [2.24, 2.45) is 5.73 Å². The molecule has 0 fully saturated rings. The second-order valence-corrected chi connectivity index (χ2v) is 4.96. The second-order valence-electron chi connectivity index (χ2n) is 4.25. The molecule has 0 radical (unpaired) electrons. The number of nitrogen functional groups attached to an aromatic ring is 1. The number of hydrogen-bond donors (Lipinski definition) is 2. The average molecular weight is 290 g/mol. The van der Waals surface area contributed by atoms with Gasteiger partial charge in [-0.25, -0.2) is 4.98 Å². The Morgan fingerprint density at radius 1 is 1.35 bits per heavy atom. The van der Waals surface area contributed by atoms with Gasteiger partial charge in [0.05, 0.1) is 5.51 Å². The molecule has 0 unspecified atom stereocenters. The average Bonchev–Trinajstić information content (AvgIpc) is 2.90. The number of nitrogens with zero attached hydrogens (tertiary/aromatic N) is 2.